The number of benzene rings is 1. The molecular weight excluding hydrogens is 259 g/mol. The van der Waals surface area contributed by atoms with E-state index >= 15 is 0 Å². The van der Waals surface area contributed by atoms with Gasteiger partial charge in [-0.15, -0.1) is 0 Å². The number of halogens is 3. The number of carbonyl (C=O) groups is 1. The van der Waals surface area contributed by atoms with Gasteiger partial charge in [0.2, 0.25) is 0 Å². The Morgan fingerprint density at radius 2 is 2.05 bits per heavy atom. The van der Waals surface area contributed by atoms with Crippen LogP contribution in [0.25, 0.3) is 0 Å². The van der Waals surface area contributed by atoms with Crippen LogP contribution in [0.4, 0.5) is 18.9 Å². The summed E-state index contributed by atoms with van der Waals surface area (Å²) in [4.78, 5) is 13.0. The zero-order valence-corrected chi connectivity index (χ0v) is 10.7. The molecule has 0 bridgehead atoms. The van der Waals surface area contributed by atoms with Crippen LogP contribution in [0.3, 0.4) is 0 Å². The van der Waals surface area contributed by atoms with E-state index in [9.17, 15) is 18.0 Å². The predicted molar refractivity (Wildman–Crippen MR) is 66.6 cm³/mol. The summed E-state index contributed by atoms with van der Waals surface area (Å²) in [6, 6.07) is 4.72. The quantitative estimate of drug-likeness (QED) is 0.655. The number of nitrogens with two attached hydrogens (primary N) is 1. The van der Waals surface area contributed by atoms with Gasteiger partial charge in [-0.05, 0) is 30.7 Å². The van der Waals surface area contributed by atoms with Gasteiger partial charge in [0.25, 0.3) is 5.91 Å². The van der Waals surface area contributed by atoms with Gasteiger partial charge in [0.15, 0.2) is 0 Å². The largest absolute Gasteiger partial charge is 0.390 e. The number of hydrazine groups is 1. The highest BCUT2D eigenvalue weighted by molar-refractivity contribution is 5.94. The number of rotatable bonds is 4. The number of carbonyl (C=O) groups excluding carboxylic acids is 1. The smallest absolute Gasteiger partial charge is 0.341 e. The number of alkyl halides is 3. The Morgan fingerprint density at radius 3 is 2.53 bits per heavy atom. The van der Waals surface area contributed by atoms with Crippen LogP contribution in [-0.4, -0.2) is 30.6 Å². The summed E-state index contributed by atoms with van der Waals surface area (Å²) in [7, 11) is 1.35. The first-order chi connectivity index (χ1) is 8.74. The normalized spacial score (nSPS) is 11.3. The van der Waals surface area contributed by atoms with E-state index in [-0.39, 0.29) is 6.54 Å². The Labute approximate surface area is 109 Å². The molecule has 0 unspecified atom stereocenters. The summed E-state index contributed by atoms with van der Waals surface area (Å²) in [5.74, 6) is 4.81. The molecule has 0 aliphatic carbocycles. The van der Waals surface area contributed by atoms with E-state index in [0.29, 0.717) is 11.3 Å². The Balaban J connectivity index is 2.74. The summed E-state index contributed by atoms with van der Waals surface area (Å²) in [5.41, 5.74) is 4.21. The molecule has 0 heterocycles. The van der Waals surface area contributed by atoms with Crippen molar-refractivity contribution >= 4 is 11.6 Å². The van der Waals surface area contributed by atoms with Gasteiger partial charge in [-0.3, -0.25) is 10.6 Å². The van der Waals surface area contributed by atoms with Gasteiger partial charge in [-0.2, -0.15) is 13.2 Å². The highest BCUT2D eigenvalue weighted by atomic mass is 19.4. The number of aryl methyl sites for hydroxylation is 1. The van der Waals surface area contributed by atoms with Crippen LogP contribution < -0.4 is 11.3 Å². The number of nitrogen functional groups attached to an aromatic ring is 1. The zero-order valence-electron chi connectivity index (χ0n) is 10.7. The second-order valence-electron chi connectivity index (χ2n) is 4.27. The Bertz CT molecular complexity index is 460. The van der Waals surface area contributed by atoms with Gasteiger partial charge in [-0.1, -0.05) is 0 Å². The standard InChI is InChI=1S/C12H16F3N3O/c1-8-7-9(3-4-10(8)17-16)11(19)18(2)6-5-12(13,14)15/h3-4,7,17H,5-6,16H2,1-2H3. The summed E-state index contributed by atoms with van der Waals surface area (Å²) in [6.45, 7) is 1.39. The molecule has 19 heavy (non-hydrogen) atoms. The van der Waals surface area contributed by atoms with Gasteiger partial charge in [0.05, 0.1) is 12.1 Å². The average Bonchev–Trinajstić information content (AvgIpc) is 2.34. The van der Waals surface area contributed by atoms with Crippen molar-refractivity contribution in [1.82, 2.24) is 4.90 Å². The van der Waals surface area contributed by atoms with Crippen LogP contribution in [0.2, 0.25) is 0 Å². The molecule has 7 heteroatoms. The molecule has 1 aromatic carbocycles. The SMILES string of the molecule is Cc1cc(C(=O)N(C)CCC(F)(F)F)ccc1NN. The molecule has 1 amide bonds. The number of amides is 1. The summed E-state index contributed by atoms with van der Waals surface area (Å²) < 4.78 is 36.3. The molecule has 0 radical (unpaired) electrons. The Hall–Kier alpha value is -1.76. The fourth-order valence-corrected chi connectivity index (χ4v) is 1.58. The molecule has 0 spiro atoms. The number of anilines is 1. The van der Waals surface area contributed by atoms with Crippen molar-refractivity contribution in [3.8, 4) is 0 Å². The lowest BCUT2D eigenvalue weighted by Gasteiger charge is -2.18. The number of hydrogen-bond acceptors (Lipinski definition) is 3. The fraction of sp³-hybridized carbons (Fsp3) is 0.417. The van der Waals surface area contributed by atoms with Crippen molar-refractivity contribution in [2.75, 3.05) is 19.0 Å². The fourth-order valence-electron chi connectivity index (χ4n) is 1.58. The lowest BCUT2D eigenvalue weighted by atomic mass is 10.1. The minimum Gasteiger partial charge on any atom is -0.341 e. The van der Waals surface area contributed by atoms with E-state index in [4.69, 9.17) is 5.84 Å². The monoisotopic (exact) mass is 275 g/mol. The maximum atomic E-state index is 12.1. The predicted octanol–water partition coefficient (Wildman–Crippen LogP) is 2.31. The molecule has 0 saturated carbocycles. The molecule has 0 aliphatic rings. The first-order valence-electron chi connectivity index (χ1n) is 5.64. The minimum atomic E-state index is -4.27. The molecule has 3 N–H and O–H groups in total. The zero-order chi connectivity index (χ0) is 14.6. The molecule has 0 aromatic heterocycles. The summed E-state index contributed by atoms with van der Waals surface area (Å²) >= 11 is 0. The van der Waals surface area contributed by atoms with E-state index in [2.05, 4.69) is 5.43 Å². The lowest BCUT2D eigenvalue weighted by molar-refractivity contribution is -0.136. The molecular formula is C12H16F3N3O. The topological polar surface area (TPSA) is 58.4 Å². The third-order valence-electron chi connectivity index (χ3n) is 2.71. The van der Waals surface area contributed by atoms with Crippen molar-refractivity contribution < 1.29 is 18.0 Å². The van der Waals surface area contributed by atoms with Gasteiger partial charge < -0.3 is 10.3 Å². The van der Waals surface area contributed by atoms with Crippen molar-refractivity contribution in [1.29, 1.82) is 0 Å². The Morgan fingerprint density at radius 1 is 1.42 bits per heavy atom. The highest BCUT2D eigenvalue weighted by Gasteiger charge is 2.28. The molecule has 1 aromatic rings. The lowest BCUT2D eigenvalue weighted by Crippen LogP contribution is -2.30. The van der Waals surface area contributed by atoms with E-state index in [1.165, 1.54) is 13.1 Å². The van der Waals surface area contributed by atoms with Crippen molar-refractivity contribution in [3.05, 3.63) is 29.3 Å². The maximum Gasteiger partial charge on any atom is 0.390 e. The second-order valence-corrected chi connectivity index (χ2v) is 4.27. The number of nitrogens with one attached hydrogen (secondary N) is 1. The Kier molecular flexibility index (Phi) is 4.77. The van der Waals surface area contributed by atoms with Crippen LogP contribution >= 0.6 is 0 Å². The molecule has 106 valence electrons. The van der Waals surface area contributed by atoms with Gasteiger partial charge in [-0.25, -0.2) is 0 Å². The van der Waals surface area contributed by atoms with E-state index in [0.717, 1.165) is 10.5 Å². The molecule has 0 saturated heterocycles. The molecule has 0 atom stereocenters. The molecule has 0 fully saturated rings. The average molecular weight is 275 g/mol. The summed E-state index contributed by atoms with van der Waals surface area (Å²) in [6.07, 6.45) is -5.28. The van der Waals surface area contributed by atoms with Crippen LogP contribution in [0.1, 0.15) is 22.3 Å². The first-order valence-corrected chi connectivity index (χ1v) is 5.64. The van der Waals surface area contributed by atoms with E-state index in [1.54, 1.807) is 19.1 Å². The van der Waals surface area contributed by atoms with Crippen LogP contribution in [0.5, 0.6) is 0 Å². The van der Waals surface area contributed by atoms with Crippen LogP contribution in [-0.2, 0) is 0 Å². The van der Waals surface area contributed by atoms with Crippen molar-refractivity contribution in [2.45, 2.75) is 19.5 Å². The van der Waals surface area contributed by atoms with Gasteiger partial charge >= 0.3 is 6.18 Å². The highest BCUT2D eigenvalue weighted by Crippen LogP contribution is 2.20. The first kappa shape index (κ1) is 15.3. The van der Waals surface area contributed by atoms with Crippen LogP contribution in [0, 0.1) is 6.92 Å². The van der Waals surface area contributed by atoms with E-state index in [1.807, 2.05) is 0 Å². The van der Waals surface area contributed by atoms with Crippen molar-refractivity contribution in [3.63, 3.8) is 0 Å². The molecule has 0 aliphatic heterocycles. The molecule has 1 rings (SSSR count). The van der Waals surface area contributed by atoms with Crippen molar-refractivity contribution in [2.24, 2.45) is 5.84 Å². The number of hydrogen-bond donors (Lipinski definition) is 2. The maximum absolute atomic E-state index is 12.1. The van der Waals surface area contributed by atoms with Gasteiger partial charge in [0, 0.05) is 19.2 Å². The third kappa shape index (κ3) is 4.44. The van der Waals surface area contributed by atoms with E-state index < -0.39 is 18.5 Å². The third-order valence-corrected chi connectivity index (χ3v) is 2.71. The second kappa shape index (κ2) is 5.92. The summed E-state index contributed by atoms with van der Waals surface area (Å²) in [5, 5.41) is 0. The van der Waals surface area contributed by atoms with Crippen LogP contribution in [0.15, 0.2) is 18.2 Å². The van der Waals surface area contributed by atoms with Gasteiger partial charge in [0.1, 0.15) is 0 Å². The number of nitrogens with zero attached hydrogens (tertiary/aromatic N) is 1. The molecule has 4 nitrogen and oxygen atoms in total. The minimum absolute atomic E-state index is 0.334.